The first kappa shape index (κ1) is 23.4. The van der Waals surface area contributed by atoms with Gasteiger partial charge >= 0.3 is 0 Å². The second-order valence-corrected chi connectivity index (χ2v) is 9.97. The molecule has 1 saturated heterocycles. The Balaban J connectivity index is 1.64. The molecule has 5 rings (SSSR count). The molecule has 3 aromatic rings. The normalized spacial score (nSPS) is 17.3. The lowest BCUT2D eigenvalue weighted by atomic mass is 9.97. The molecule has 178 valence electrons. The standard InChI is InChI=1S/C24H17Cl2FN4O3S/c1-2-17(32)30-5-6-31-11(9-30)10-34-21-13(24(31)33)7-15(25)19(20(21)26)12-3-4-16(27)22-18(12)14(8-28)23(29)35-22/h2-4,7,11H,1,5-6,9-10,29H2/t11-/m1/s1. The number of anilines is 1. The molecule has 11 heteroatoms. The smallest absolute Gasteiger partial charge is 0.258 e. The van der Waals surface area contributed by atoms with E-state index in [1.54, 1.807) is 9.80 Å². The van der Waals surface area contributed by atoms with E-state index in [0.29, 0.717) is 36.1 Å². The molecule has 2 N–H and O–H groups in total. The van der Waals surface area contributed by atoms with E-state index in [1.807, 2.05) is 6.07 Å². The number of carbonyl (C=O) groups is 2. The van der Waals surface area contributed by atoms with Gasteiger partial charge in [-0.2, -0.15) is 5.26 Å². The van der Waals surface area contributed by atoms with Gasteiger partial charge in [0.15, 0.2) is 5.75 Å². The number of thiophene rings is 1. The lowest BCUT2D eigenvalue weighted by Crippen LogP contribution is -2.57. The molecule has 1 fully saturated rings. The summed E-state index contributed by atoms with van der Waals surface area (Å²) in [6.07, 6.45) is 1.24. The first-order valence-electron chi connectivity index (χ1n) is 10.5. The van der Waals surface area contributed by atoms with Crippen LogP contribution in [0.3, 0.4) is 0 Å². The van der Waals surface area contributed by atoms with Gasteiger partial charge in [-0.3, -0.25) is 9.59 Å². The highest BCUT2D eigenvalue weighted by Crippen LogP contribution is 2.49. The summed E-state index contributed by atoms with van der Waals surface area (Å²) >= 11 is 14.4. The summed E-state index contributed by atoms with van der Waals surface area (Å²) < 4.78 is 20.8. The number of carbonyl (C=O) groups excluding carboxylic acids is 2. The fourth-order valence-electron chi connectivity index (χ4n) is 4.59. The highest BCUT2D eigenvalue weighted by molar-refractivity contribution is 7.23. The summed E-state index contributed by atoms with van der Waals surface area (Å²) in [6.45, 7) is 4.61. The summed E-state index contributed by atoms with van der Waals surface area (Å²) in [4.78, 5) is 28.8. The largest absolute Gasteiger partial charge is 0.489 e. The van der Waals surface area contributed by atoms with Crippen molar-refractivity contribution in [1.82, 2.24) is 9.80 Å². The van der Waals surface area contributed by atoms with Crippen LogP contribution in [-0.2, 0) is 4.79 Å². The molecule has 0 bridgehead atoms. The summed E-state index contributed by atoms with van der Waals surface area (Å²) in [5, 5.41) is 10.3. The van der Waals surface area contributed by atoms with Crippen LogP contribution >= 0.6 is 34.5 Å². The number of nitrogens with two attached hydrogens (primary N) is 1. The number of amides is 2. The summed E-state index contributed by atoms with van der Waals surface area (Å²) in [6, 6.07) is 5.85. The number of hydrogen-bond acceptors (Lipinski definition) is 6. The number of fused-ring (bicyclic) bond motifs is 3. The number of hydrogen-bond donors (Lipinski definition) is 1. The third-order valence-corrected chi connectivity index (χ3v) is 7.94. The van der Waals surface area contributed by atoms with E-state index in [1.165, 1.54) is 24.3 Å². The molecule has 7 nitrogen and oxygen atoms in total. The van der Waals surface area contributed by atoms with Gasteiger partial charge in [-0.15, -0.1) is 11.3 Å². The monoisotopic (exact) mass is 530 g/mol. The quantitative estimate of drug-likeness (QED) is 0.484. The van der Waals surface area contributed by atoms with Crippen molar-refractivity contribution in [1.29, 1.82) is 5.26 Å². The van der Waals surface area contributed by atoms with Gasteiger partial charge < -0.3 is 20.3 Å². The van der Waals surface area contributed by atoms with E-state index < -0.39 is 5.82 Å². The Morgan fingerprint density at radius 1 is 1.34 bits per heavy atom. The van der Waals surface area contributed by atoms with E-state index in [9.17, 15) is 19.2 Å². The van der Waals surface area contributed by atoms with Crippen molar-refractivity contribution >= 4 is 61.4 Å². The maximum absolute atomic E-state index is 14.5. The van der Waals surface area contributed by atoms with Crippen molar-refractivity contribution in [3.8, 4) is 22.9 Å². The Morgan fingerprint density at radius 3 is 2.83 bits per heavy atom. The average molecular weight is 531 g/mol. The van der Waals surface area contributed by atoms with Crippen molar-refractivity contribution < 1.29 is 18.7 Å². The van der Waals surface area contributed by atoms with Crippen LogP contribution in [0.5, 0.6) is 5.75 Å². The maximum Gasteiger partial charge on any atom is 0.258 e. The predicted molar refractivity (Wildman–Crippen MR) is 133 cm³/mol. The molecule has 0 aliphatic carbocycles. The van der Waals surface area contributed by atoms with E-state index >= 15 is 0 Å². The van der Waals surface area contributed by atoms with Gasteiger partial charge in [-0.1, -0.05) is 35.8 Å². The van der Waals surface area contributed by atoms with Crippen molar-refractivity contribution in [3.05, 3.63) is 57.8 Å². The third-order valence-electron chi connectivity index (χ3n) is 6.25. The predicted octanol–water partition coefficient (Wildman–Crippen LogP) is 4.70. The van der Waals surface area contributed by atoms with Crippen LogP contribution in [0.1, 0.15) is 15.9 Å². The number of benzene rings is 2. The van der Waals surface area contributed by atoms with Crippen LogP contribution in [0.4, 0.5) is 9.39 Å². The maximum atomic E-state index is 14.5. The van der Waals surface area contributed by atoms with Gasteiger partial charge in [0.05, 0.1) is 31.9 Å². The van der Waals surface area contributed by atoms with E-state index in [0.717, 1.165) is 11.3 Å². The molecular formula is C24H17Cl2FN4O3S. The minimum Gasteiger partial charge on any atom is -0.489 e. The number of nitrogens with zero attached hydrogens (tertiary/aromatic N) is 3. The summed E-state index contributed by atoms with van der Waals surface area (Å²) in [5.41, 5.74) is 7.00. The molecule has 2 aliphatic rings. The lowest BCUT2D eigenvalue weighted by Gasteiger charge is -2.39. The molecule has 1 aromatic heterocycles. The summed E-state index contributed by atoms with van der Waals surface area (Å²) in [5.74, 6) is -0.909. The Kier molecular flexibility index (Phi) is 5.83. The van der Waals surface area contributed by atoms with Gasteiger partial charge in [-0.05, 0) is 23.8 Å². The molecule has 0 spiro atoms. The molecule has 2 amide bonds. The highest BCUT2D eigenvalue weighted by atomic mass is 35.5. The molecule has 35 heavy (non-hydrogen) atoms. The van der Waals surface area contributed by atoms with Crippen molar-refractivity contribution in [2.45, 2.75) is 6.04 Å². The van der Waals surface area contributed by atoms with Gasteiger partial charge in [-0.25, -0.2) is 4.39 Å². The Hall–Kier alpha value is -3.32. The summed E-state index contributed by atoms with van der Waals surface area (Å²) in [7, 11) is 0. The van der Waals surface area contributed by atoms with Gasteiger partial charge in [0.25, 0.3) is 5.91 Å². The zero-order valence-corrected chi connectivity index (χ0v) is 20.4. The number of nitrogen functional groups attached to an aromatic ring is 1. The second kappa shape index (κ2) is 8.72. The molecule has 3 heterocycles. The van der Waals surface area contributed by atoms with Crippen LogP contribution < -0.4 is 10.5 Å². The average Bonchev–Trinajstić information content (AvgIpc) is 3.13. The first-order valence-corrected chi connectivity index (χ1v) is 12.1. The van der Waals surface area contributed by atoms with Gasteiger partial charge in [0, 0.05) is 30.6 Å². The topological polar surface area (TPSA) is 99.7 Å². The van der Waals surface area contributed by atoms with Crippen LogP contribution in [0, 0.1) is 17.1 Å². The molecule has 0 saturated carbocycles. The van der Waals surface area contributed by atoms with E-state index in [2.05, 4.69) is 6.58 Å². The molecule has 2 aliphatic heterocycles. The Labute approximate surface area is 213 Å². The Bertz CT molecular complexity index is 1480. The van der Waals surface area contributed by atoms with E-state index in [4.69, 9.17) is 33.7 Å². The fraction of sp³-hybridized carbons (Fsp3) is 0.208. The zero-order chi connectivity index (χ0) is 25.0. The van der Waals surface area contributed by atoms with Crippen LogP contribution in [0.15, 0.2) is 30.9 Å². The van der Waals surface area contributed by atoms with Crippen molar-refractivity contribution in [2.24, 2.45) is 0 Å². The SMILES string of the molecule is C=CC(=O)N1CCN2C(=O)c3cc(Cl)c(-c4ccc(F)c5sc(N)c(C#N)c45)c(Cl)c3OC[C@H]2C1. The molecular weight excluding hydrogens is 514 g/mol. The zero-order valence-electron chi connectivity index (χ0n) is 18.1. The molecule has 0 unspecified atom stereocenters. The molecule has 1 atom stereocenters. The second-order valence-electron chi connectivity index (χ2n) is 8.13. The molecule has 2 aromatic carbocycles. The first-order chi connectivity index (χ1) is 16.8. The number of nitriles is 1. The minimum absolute atomic E-state index is 0.0706. The molecule has 0 radical (unpaired) electrons. The van der Waals surface area contributed by atoms with E-state index in [-0.39, 0.29) is 61.1 Å². The van der Waals surface area contributed by atoms with Crippen molar-refractivity contribution in [2.75, 3.05) is 32.0 Å². The van der Waals surface area contributed by atoms with Gasteiger partial charge in [0.2, 0.25) is 5.91 Å². The van der Waals surface area contributed by atoms with Crippen LogP contribution in [-0.4, -0.2) is 53.9 Å². The lowest BCUT2D eigenvalue weighted by molar-refractivity contribution is -0.128. The number of ether oxygens (including phenoxy) is 1. The van der Waals surface area contributed by atoms with Crippen LogP contribution in [0.25, 0.3) is 21.2 Å². The van der Waals surface area contributed by atoms with Crippen LogP contribution in [0.2, 0.25) is 10.0 Å². The van der Waals surface area contributed by atoms with Gasteiger partial charge in [0.1, 0.15) is 23.5 Å². The third kappa shape index (κ3) is 3.60. The number of halogens is 3. The number of rotatable bonds is 2. The highest BCUT2D eigenvalue weighted by Gasteiger charge is 2.38. The minimum atomic E-state index is -0.522. The number of piperazine rings is 1. The fourth-order valence-corrected chi connectivity index (χ4v) is 6.25. The Morgan fingerprint density at radius 2 is 2.11 bits per heavy atom. The van der Waals surface area contributed by atoms with Crippen molar-refractivity contribution in [3.63, 3.8) is 0 Å².